The van der Waals surface area contributed by atoms with E-state index in [9.17, 15) is 18.0 Å². The SMILES string of the molecule is C[C@@H]1CN(C(=O)[C@@H](C)n2nc(C(F)(F)F)c(Cl)c2C2CC2)C[C@@H](C)O1. The Labute approximate surface area is 149 Å². The van der Waals surface area contributed by atoms with E-state index >= 15 is 0 Å². The van der Waals surface area contributed by atoms with E-state index in [0.29, 0.717) is 18.8 Å². The molecular weight excluding hydrogens is 359 g/mol. The number of nitrogens with zero attached hydrogens (tertiary/aromatic N) is 3. The van der Waals surface area contributed by atoms with Gasteiger partial charge in [-0.3, -0.25) is 9.48 Å². The van der Waals surface area contributed by atoms with Gasteiger partial charge in [0.1, 0.15) is 6.04 Å². The molecule has 1 aromatic rings. The van der Waals surface area contributed by atoms with Crippen LogP contribution in [0.4, 0.5) is 13.2 Å². The lowest BCUT2D eigenvalue weighted by Crippen LogP contribution is -2.50. The maximum absolute atomic E-state index is 13.2. The second kappa shape index (κ2) is 6.46. The highest BCUT2D eigenvalue weighted by Crippen LogP contribution is 2.47. The van der Waals surface area contributed by atoms with Gasteiger partial charge in [-0.25, -0.2) is 0 Å². The molecule has 1 aromatic heterocycles. The van der Waals surface area contributed by atoms with Crippen LogP contribution in [-0.2, 0) is 15.7 Å². The Hall–Kier alpha value is -1.28. The molecule has 25 heavy (non-hydrogen) atoms. The number of ether oxygens (including phenoxy) is 1. The Bertz CT molecular complexity index is 662. The minimum atomic E-state index is -4.64. The molecule has 0 N–H and O–H groups in total. The summed E-state index contributed by atoms with van der Waals surface area (Å²) in [6.07, 6.45) is -3.36. The molecule has 2 aliphatic rings. The number of aromatic nitrogens is 2. The summed E-state index contributed by atoms with van der Waals surface area (Å²) in [5.41, 5.74) is -0.788. The van der Waals surface area contributed by atoms with Crippen LogP contribution in [0.1, 0.15) is 57.0 Å². The maximum atomic E-state index is 13.2. The molecule has 5 nitrogen and oxygen atoms in total. The van der Waals surface area contributed by atoms with Crippen LogP contribution in [0.5, 0.6) is 0 Å². The molecule has 0 spiro atoms. The molecule has 2 fully saturated rings. The predicted molar refractivity (Wildman–Crippen MR) is 85.5 cm³/mol. The number of morpholine rings is 1. The number of amides is 1. The highest BCUT2D eigenvalue weighted by Gasteiger charge is 2.43. The number of hydrogen-bond acceptors (Lipinski definition) is 3. The fraction of sp³-hybridized carbons (Fsp3) is 0.750. The average Bonchev–Trinajstić information content (AvgIpc) is 3.26. The summed E-state index contributed by atoms with van der Waals surface area (Å²) in [6, 6.07) is -0.846. The normalized spacial score (nSPS) is 26.0. The number of carbonyl (C=O) groups is 1. The minimum absolute atomic E-state index is 0.0612. The molecule has 0 radical (unpaired) electrons. The van der Waals surface area contributed by atoms with Crippen molar-refractivity contribution in [1.82, 2.24) is 14.7 Å². The van der Waals surface area contributed by atoms with Crippen LogP contribution in [0.3, 0.4) is 0 Å². The molecule has 2 heterocycles. The third-order valence-electron chi connectivity index (χ3n) is 4.58. The van der Waals surface area contributed by atoms with Crippen molar-refractivity contribution in [3.63, 3.8) is 0 Å². The zero-order valence-electron chi connectivity index (χ0n) is 14.3. The Morgan fingerprint density at radius 2 is 1.84 bits per heavy atom. The molecule has 1 saturated heterocycles. The van der Waals surface area contributed by atoms with Crippen LogP contribution in [0.15, 0.2) is 0 Å². The van der Waals surface area contributed by atoms with Crippen molar-refractivity contribution in [2.75, 3.05) is 13.1 Å². The average molecular weight is 380 g/mol. The lowest BCUT2D eigenvalue weighted by molar-refractivity contribution is -0.147. The Morgan fingerprint density at radius 1 is 1.28 bits per heavy atom. The standard InChI is InChI=1S/C16H21ClF3N3O2/c1-8-6-22(7-9(2)25-8)15(24)10(3)23-13(11-4-5-11)12(17)14(21-23)16(18,19)20/h8-11H,4-7H2,1-3H3/t8-,9-,10-/m1/s1. The van der Waals surface area contributed by atoms with Gasteiger partial charge >= 0.3 is 6.18 Å². The first kappa shape index (κ1) is 18.5. The third kappa shape index (κ3) is 3.65. The summed E-state index contributed by atoms with van der Waals surface area (Å²) >= 11 is 5.98. The molecule has 1 saturated carbocycles. The quantitative estimate of drug-likeness (QED) is 0.805. The zero-order chi connectivity index (χ0) is 18.5. The van der Waals surface area contributed by atoms with Crippen molar-refractivity contribution in [3.05, 3.63) is 16.4 Å². The largest absolute Gasteiger partial charge is 0.436 e. The highest BCUT2D eigenvalue weighted by molar-refractivity contribution is 6.32. The third-order valence-corrected chi connectivity index (χ3v) is 4.95. The Morgan fingerprint density at radius 3 is 2.32 bits per heavy atom. The van der Waals surface area contributed by atoms with E-state index in [2.05, 4.69) is 5.10 Å². The van der Waals surface area contributed by atoms with Crippen molar-refractivity contribution >= 4 is 17.5 Å². The van der Waals surface area contributed by atoms with Crippen molar-refractivity contribution < 1.29 is 22.7 Å². The highest BCUT2D eigenvalue weighted by atomic mass is 35.5. The van der Waals surface area contributed by atoms with E-state index in [1.54, 1.807) is 11.8 Å². The summed E-state index contributed by atoms with van der Waals surface area (Å²) in [7, 11) is 0. The molecule has 9 heteroatoms. The zero-order valence-corrected chi connectivity index (χ0v) is 15.1. The van der Waals surface area contributed by atoms with Crippen LogP contribution in [0.25, 0.3) is 0 Å². The topological polar surface area (TPSA) is 47.4 Å². The molecule has 1 amide bonds. The summed E-state index contributed by atoms with van der Waals surface area (Å²) in [5, 5.41) is 3.30. The van der Waals surface area contributed by atoms with Gasteiger partial charge in [0.05, 0.1) is 22.9 Å². The molecular formula is C16H21ClF3N3O2. The van der Waals surface area contributed by atoms with E-state index in [1.807, 2.05) is 13.8 Å². The van der Waals surface area contributed by atoms with Crippen molar-refractivity contribution in [2.24, 2.45) is 0 Å². The van der Waals surface area contributed by atoms with Gasteiger partial charge in [-0.1, -0.05) is 11.6 Å². The van der Waals surface area contributed by atoms with Gasteiger partial charge in [0, 0.05) is 19.0 Å². The first-order valence-corrected chi connectivity index (χ1v) is 8.76. The minimum Gasteiger partial charge on any atom is -0.372 e. The molecule has 0 aromatic carbocycles. The summed E-state index contributed by atoms with van der Waals surface area (Å²) in [5.74, 6) is -0.328. The second-order valence-electron chi connectivity index (χ2n) is 6.94. The molecule has 3 rings (SSSR count). The number of carbonyl (C=O) groups excluding carboxylic acids is 1. The summed E-state index contributed by atoms with van der Waals surface area (Å²) in [4.78, 5) is 14.5. The van der Waals surface area contributed by atoms with Gasteiger partial charge in [0.2, 0.25) is 5.91 Å². The fourth-order valence-electron chi connectivity index (χ4n) is 3.35. The lowest BCUT2D eigenvalue weighted by atomic mass is 10.2. The molecule has 140 valence electrons. The van der Waals surface area contributed by atoms with E-state index in [-0.39, 0.29) is 29.1 Å². The maximum Gasteiger partial charge on any atom is 0.436 e. The van der Waals surface area contributed by atoms with Gasteiger partial charge in [-0.15, -0.1) is 0 Å². The molecule has 3 atom stereocenters. The van der Waals surface area contributed by atoms with Crippen LogP contribution in [0.2, 0.25) is 5.02 Å². The van der Waals surface area contributed by atoms with Crippen molar-refractivity contribution in [3.8, 4) is 0 Å². The van der Waals surface area contributed by atoms with Crippen LogP contribution >= 0.6 is 11.6 Å². The summed E-state index contributed by atoms with van der Waals surface area (Å²) in [6.45, 7) is 6.12. The smallest absolute Gasteiger partial charge is 0.372 e. The van der Waals surface area contributed by atoms with Gasteiger partial charge < -0.3 is 9.64 Å². The molecule has 1 aliphatic heterocycles. The Kier molecular flexibility index (Phi) is 4.79. The fourth-order valence-corrected chi connectivity index (χ4v) is 3.74. The van der Waals surface area contributed by atoms with E-state index < -0.39 is 17.9 Å². The van der Waals surface area contributed by atoms with Crippen LogP contribution in [-0.4, -0.2) is 45.9 Å². The van der Waals surface area contributed by atoms with E-state index in [0.717, 1.165) is 12.8 Å². The molecule has 0 unspecified atom stereocenters. The van der Waals surface area contributed by atoms with Crippen LogP contribution in [0, 0.1) is 0 Å². The van der Waals surface area contributed by atoms with Gasteiger partial charge in [-0.2, -0.15) is 18.3 Å². The van der Waals surface area contributed by atoms with Crippen molar-refractivity contribution in [2.45, 2.75) is 64.0 Å². The predicted octanol–water partition coefficient (Wildman–Crippen LogP) is 3.63. The summed E-state index contributed by atoms with van der Waals surface area (Å²) < 4.78 is 46.3. The molecule has 0 bridgehead atoms. The van der Waals surface area contributed by atoms with Gasteiger partial charge in [0.25, 0.3) is 0 Å². The Balaban J connectivity index is 1.91. The first-order valence-electron chi connectivity index (χ1n) is 8.39. The van der Waals surface area contributed by atoms with E-state index in [1.165, 1.54) is 4.68 Å². The number of hydrogen-bond donors (Lipinski definition) is 0. The van der Waals surface area contributed by atoms with Crippen molar-refractivity contribution in [1.29, 1.82) is 0 Å². The molecule has 1 aliphatic carbocycles. The first-order chi connectivity index (χ1) is 11.6. The van der Waals surface area contributed by atoms with E-state index in [4.69, 9.17) is 16.3 Å². The van der Waals surface area contributed by atoms with Crippen LogP contribution < -0.4 is 0 Å². The second-order valence-corrected chi connectivity index (χ2v) is 7.32. The van der Waals surface area contributed by atoms with Gasteiger partial charge in [0.15, 0.2) is 5.69 Å². The number of rotatable bonds is 3. The number of alkyl halides is 3. The lowest BCUT2D eigenvalue weighted by Gasteiger charge is -2.36. The monoisotopic (exact) mass is 379 g/mol. The van der Waals surface area contributed by atoms with Gasteiger partial charge in [-0.05, 0) is 33.6 Å². The number of halogens is 4.